The van der Waals surface area contributed by atoms with E-state index in [9.17, 15) is 4.79 Å². The number of piperidine rings is 1. The number of hydrogen-bond donors (Lipinski definition) is 1. The molecule has 2 spiro atoms. The lowest BCUT2D eigenvalue weighted by Gasteiger charge is -2.60. The van der Waals surface area contributed by atoms with E-state index >= 15 is 0 Å². The van der Waals surface area contributed by atoms with E-state index in [2.05, 4.69) is 24.4 Å². The monoisotopic (exact) mass is 624 g/mol. The van der Waals surface area contributed by atoms with Gasteiger partial charge in [-0.25, -0.2) is 0 Å². The molecule has 0 aromatic heterocycles. The molecule has 8 heteroatoms. The molecule has 4 bridgehead atoms. The second kappa shape index (κ2) is 13.1. The van der Waals surface area contributed by atoms with Crippen LogP contribution in [0.3, 0.4) is 0 Å². The average Bonchev–Trinajstić information content (AvgIpc) is 3.05. The molecule has 2 heterocycles. The van der Waals surface area contributed by atoms with Gasteiger partial charge in [0.15, 0.2) is 5.60 Å². The van der Waals surface area contributed by atoms with Crippen LogP contribution in [-0.2, 0) is 24.3 Å². The van der Waals surface area contributed by atoms with Crippen LogP contribution in [0.4, 0.5) is 0 Å². The van der Waals surface area contributed by atoms with E-state index < -0.39 is 17.2 Å². The van der Waals surface area contributed by atoms with Crippen LogP contribution in [0.1, 0.15) is 129 Å². The van der Waals surface area contributed by atoms with Crippen LogP contribution in [0.15, 0.2) is 24.3 Å². The third-order valence-electron chi connectivity index (χ3n) is 12.2. The van der Waals surface area contributed by atoms with Gasteiger partial charge in [0.25, 0.3) is 5.91 Å². The van der Waals surface area contributed by atoms with Gasteiger partial charge in [0.2, 0.25) is 11.6 Å². The van der Waals surface area contributed by atoms with Crippen molar-refractivity contribution < 1.29 is 29.1 Å². The lowest BCUT2D eigenvalue weighted by Crippen LogP contribution is -2.64. The summed E-state index contributed by atoms with van der Waals surface area (Å²) in [6.07, 6.45) is 16.6. The minimum absolute atomic E-state index is 0.0675. The first-order chi connectivity index (χ1) is 21.8. The van der Waals surface area contributed by atoms with Crippen molar-refractivity contribution in [3.63, 3.8) is 0 Å². The zero-order chi connectivity index (χ0) is 31.1. The molecular weight excluding hydrogens is 568 g/mol. The van der Waals surface area contributed by atoms with Crippen molar-refractivity contribution in [3.8, 4) is 5.75 Å². The maximum atomic E-state index is 13.4. The molecule has 1 amide bonds. The highest BCUT2D eigenvalue weighted by Crippen LogP contribution is 2.62. The van der Waals surface area contributed by atoms with E-state index in [1.54, 1.807) is 0 Å². The molecule has 7 aliphatic rings. The van der Waals surface area contributed by atoms with E-state index in [-0.39, 0.29) is 5.91 Å². The average molecular weight is 625 g/mol. The van der Waals surface area contributed by atoms with E-state index in [0.717, 1.165) is 75.7 Å². The van der Waals surface area contributed by atoms with E-state index in [4.69, 9.17) is 24.3 Å². The van der Waals surface area contributed by atoms with Crippen LogP contribution in [0.2, 0.25) is 0 Å². The number of carbonyl (C=O) groups excluding carboxylic acids is 1. The first-order valence-corrected chi connectivity index (χ1v) is 18.3. The Morgan fingerprint density at radius 2 is 1.49 bits per heavy atom. The Hall–Kier alpha value is -1.71. The van der Waals surface area contributed by atoms with Crippen LogP contribution in [0.25, 0.3) is 0 Å². The van der Waals surface area contributed by atoms with Gasteiger partial charge in [-0.1, -0.05) is 38.3 Å². The largest absolute Gasteiger partial charge is 0.478 e. The summed E-state index contributed by atoms with van der Waals surface area (Å²) in [5.41, 5.74) is 0.365. The highest BCUT2D eigenvalue weighted by atomic mass is 17.4. The number of unbranched alkanes of at least 4 members (excludes halogenated alkanes) is 3. The minimum Gasteiger partial charge on any atom is -0.478 e. The maximum absolute atomic E-state index is 13.4. The van der Waals surface area contributed by atoms with E-state index in [1.165, 1.54) is 63.4 Å². The molecule has 5 aliphatic carbocycles. The fraction of sp³-hybridized carbons (Fsp3) is 0.811. The summed E-state index contributed by atoms with van der Waals surface area (Å²) >= 11 is 0. The molecule has 5 saturated carbocycles. The van der Waals surface area contributed by atoms with Crippen LogP contribution >= 0.6 is 0 Å². The third-order valence-corrected chi connectivity index (χ3v) is 12.2. The second-order valence-corrected chi connectivity index (χ2v) is 15.8. The number of carbonyl (C=O) groups is 1. The van der Waals surface area contributed by atoms with Gasteiger partial charge in [-0.05, 0) is 120 Å². The molecule has 0 radical (unpaired) electrons. The topological polar surface area (TPSA) is 78.5 Å². The van der Waals surface area contributed by atoms with Crippen molar-refractivity contribution >= 4 is 5.91 Å². The Bertz CT molecular complexity index is 1110. The number of benzene rings is 1. The second-order valence-electron chi connectivity index (χ2n) is 15.8. The van der Waals surface area contributed by atoms with E-state index in [1.807, 2.05) is 30.9 Å². The number of ether oxygens (including phenoxy) is 1. The van der Waals surface area contributed by atoms with Gasteiger partial charge >= 0.3 is 0 Å². The lowest BCUT2D eigenvalue weighted by atomic mass is 9.53. The summed E-state index contributed by atoms with van der Waals surface area (Å²) in [6.45, 7) is 8.68. The van der Waals surface area contributed by atoms with Crippen molar-refractivity contribution in [1.82, 2.24) is 10.2 Å². The predicted molar refractivity (Wildman–Crippen MR) is 171 cm³/mol. The molecule has 250 valence electrons. The van der Waals surface area contributed by atoms with Crippen LogP contribution in [0.5, 0.6) is 5.75 Å². The van der Waals surface area contributed by atoms with Crippen LogP contribution in [0, 0.1) is 23.7 Å². The maximum Gasteiger partial charge on any atom is 0.266 e. The fourth-order valence-corrected chi connectivity index (χ4v) is 9.65. The van der Waals surface area contributed by atoms with Crippen molar-refractivity contribution in [2.45, 2.75) is 146 Å². The third kappa shape index (κ3) is 6.56. The Balaban J connectivity index is 0.860. The van der Waals surface area contributed by atoms with Gasteiger partial charge in [-0.2, -0.15) is 19.6 Å². The van der Waals surface area contributed by atoms with Crippen LogP contribution in [-0.4, -0.2) is 53.7 Å². The van der Waals surface area contributed by atoms with Crippen molar-refractivity contribution in [2.24, 2.45) is 23.7 Å². The summed E-state index contributed by atoms with van der Waals surface area (Å²) in [7, 11) is 0. The number of likely N-dealkylation sites (tertiary alicyclic amines) is 1. The summed E-state index contributed by atoms with van der Waals surface area (Å²) < 4.78 is 6.29. The molecule has 0 unspecified atom stereocenters. The SMILES string of the molecule is CCCCCCNC1CCN(C(=O)C(C)(C)Oc2ccc(C3CCC4(CC3)OOC3(OO4)C4CC5CC(C4)CC3C5)cc2)CC1. The smallest absolute Gasteiger partial charge is 0.266 e. The summed E-state index contributed by atoms with van der Waals surface area (Å²) in [5, 5.41) is 3.69. The number of amides is 1. The Morgan fingerprint density at radius 3 is 2.09 bits per heavy atom. The number of hydrogen-bond acceptors (Lipinski definition) is 7. The quantitative estimate of drug-likeness (QED) is 0.214. The minimum atomic E-state index is -0.913. The highest BCUT2D eigenvalue weighted by molar-refractivity contribution is 5.85. The summed E-state index contributed by atoms with van der Waals surface area (Å²) in [5.74, 6) is 2.15. The molecule has 1 N–H and O–H groups in total. The molecule has 8 nitrogen and oxygen atoms in total. The van der Waals surface area contributed by atoms with Gasteiger partial charge < -0.3 is 15.0 Å². The first kappa shape index (κ1) is 31.9. The van der Waals surface area contributed by atoms with E-state index in [0.29, 0.717) is 23.8 Å². The molecule has 2 aliphatic heterocycles. The van der Waals surface area contributed by atoms with Gasteiger partial charge in [0, 0.05) is 43.8 Å². The predicted octanol–water partition coefficient (Wildman–Crippen LogP) is 7.42. The molecule has 7 fully saturated rings. The standard InChI is InChI=1S/C37H56N2O6/c1-4-5-6-7-18-38-32-14-19-39(20-15-32)34(40)35(2,3)41-33-10-8-28(9-11-33)29-12-16-36(17-13-29)42-44-37(45-43-36)30-22-26-21-27(24-30)25-31(37)23-26/h8-11,26-27,29-32,38H,4-7,12-25H2,1-3H3. The molecular formula is C37H56N2O6. The molecule has 1 aromatic rings. The van der Waals surface area contributed by atoms with Gasteiger partial charge in [-0.3, -0.25) is 4.79 Å². The molecule has 45 heavy (non-hydrogen) atoms. The zero-order valence-electron chi connectivity index (χ0n) is 27.9. The van der Waals surface area contributed by atoms with Crippen molar-refractivity contribution in [3.05, 3.63) is 29.8 Å². The lowest BCUT2D eigenvalue weighted by molar-refractivity contribution is -0.680. The van der Waals surface area contributed by atoms with Gasteiger partial charge in [0.1, 0.15) is 5.75 Å². The number of rotatable bonds is 10. The van der Waals surface area contributed by atoms with Gasteiger partial charge in [-0.15, -0.1) is 0 Å². The molecule has 8 rings (SSSR count). The van der Waals surface area contributed by atoms with Gasteiger partial charge in [0.05, 0.1) is 0 Å². The first-order valence-electron chi connectivity index (χ1n) is 18.3. The normalized spacial score (nSPS) is 36.6. The van der Waals surface area contributed by atoms with Crippen molar-refractivity contribution in [1.29, 1.82) is 0 Å². The summed E-state index contributed by atoms with van der Waals surface area (Å²) in [6, 6.07) is 8.83. The molecule has 1 aromatic carbocycles. The fourth-order valence-electron chi connectivity index (χ4n) is 9.65. The Kier molecular flexibility index (Phi) is 9.25. The summed E-state index contributed by atoms with van der Waals surface area (Å²) in [4.78, 5) is 40.2. The van der Waals surface area contributed by atoms with Crippen molar-refractivity contribution in [2.75, 3.05) is 19.6 Å². The molecule has 2 saturated heterocycles. The number of nitrogens with zero attached hydrogens (tertiary/aromatic N) is 1. The number of nitrogens with one attached hydrogen (secondary N) is 1. The zero-order valence-corrected chi connectivity index (χ0v) is 27.9. The molecule has 0 atom stereocenters. The Labute approximate surface area is 270 Å². The Morgan fingerprint density at radius 1 is 0.867 bits per heavy atom. The van der Waals surface area contributed by atoms with Crippen LogP contribution < -0.4 is 10.1 Å². The highest BCUT2D eigenvalue weighted by Gasteiger charge is 2.64.